The number of nitrogens with one attached hydrogen (secondary N) is 1. The smallest absolute Gasteiger partial charge is 0.206 e. The maximum atomic E-state index is 4.57. The minimum Gasteiger partial charge on any atom is -0.360 e. The fraction of sp³-hybridized carbons (Fsp3) is 0.312. The summed E-state index contributed by atoms with van der Waals surface area (Å²) >= 11 is 1.59. The van der Waals surface area contributed by atoms with Gasteiger partial charge in [-0.25, -0.2) is 0 Å². The van der Waals surface area contributed by atoms with Crippen molar-refractivity contribution in [2.75, 3.05) is 11.9 Å². The number of anilines is 1. The van der Waals surface area contributed by atoms with Crippen molar-refractivity contribution in [3.05, 3.63) is 36.0 Å². The maximum absolute atomic E-state index is 4.57. The van der Waals surface area contributed by atoms with Gasteiger partial charge < -0.3 is 5.32 Å². The molecule has 2 heterocycles. The fourth-order valence-corrected chi connectivity index (χ4v) is 2.96. The van der Waals surface area contributed by atoms with Crippen molar-refractivity contribution >= 4 is 27.4 Å². The Balaban J connectivity index is 2.00. The third-order valence-corrected chi connectivity index (χ3v) is 4.08. The van der Waals surface area contributed by atoms with E-state index in [-0.39, 0.29) is 0 Å². The van der Waals surface area contributed by atoms with Crippen LogP contribution in [-0.2, 0) is 0 Å². The van der Waals surface area contributed by atoms with Gasteiger partial charge in [0.05, 0.1) is 5.52 Å². The molecule has 0 aliphatic rings. The highest BCUT2D eigenvalue weighted by Crippen LogP contribution is 2.32. The molecule has 108 valence electrons. The molecule has 0 aliphatic carbocycles. The molecule has 21 heavy (non-hydrogen) atoms. The number of hydrogen-bond acceptors (Lipinski definition) is 5. The average molecular weight is 298 g/mol. The molecular formula is C16H18N4S. The summed E-state index contributed by atoms with van der Waals surface area (Å²) in [7, 11) is 0. The lowest BCUT2D eigenvalue weighted by Crippen LogP contribution is -2.07. The second kappa shape index (κ2) is 5.77. The molecule has 0 unspecified atom stereocenters. The summed E-state index contributed by atoms with van der Waals surface area (Å²) in [6.45, 7) is 7.27. The van der Waals surface area contributed by atoms with Crippen LogP contribution in [0.2, 0.25) is 0 Å². The summed E-state index contributed by atoms with van der Waals surface area (Å²) in [6, 6.07) is 10.2. The zero-order valence-corrected chi connectivity index (χ0v) is 13.2. The van der Waals surface area contributed by atoms with E-state index < -0.39 is 0 Å². The predicted molar refractivity (Wildman–Crippen MR) is 88.7 cm³/mol. The predicted octanol–water partition coefficient (Wildman–Crippen LogP) is 4.13. The molecule has 0 saturated carbocycles. The summed E-state index contributed by atoms with van der Waals surface area (Å²) in [5.74, 6) is 0.585. The molecule has 0 amide bonds. The van der Waals surface area contributed by atoms with Gasteiger partial charge in [-0.3, -0.25) is 4.98 Å². The third kappa shape index (κ3) is 3.03. The number of rotatable bonds is 4. The second-order valence-corrected chi connectivity index (χ2v) is 6.49. The SMILES string of the molecule is Cc1cc(-c2nnc(NCC(C)C)s2)c2ccccc2n1. The maximum Gasteiger partial charge on any atom is 0.206 e. The molecule has 0 aliphatic heterocycles. The number of pyridine rings is 1. The van der Waals surface area contributed by atoms with Crippen LogP contribution in [-0.4, -0.2) is 21.7 Å². The molecule has 1 N–H and O–H groups in total. The topological polar surface area (TPSA) is 50.7 Å². The van der Waals surface area contributed by atoms with Gasteiger partial charge in [0, 0.05) is 23.2 Å². The average Bonchev–Trinajstić information content (AvgIpc) is 2.93. The van der Waals surface area contributed by atoms with Crippen molar-refractivity contribution in [3.8, 4) is 10.6 Å². The van der Waals surface area contributed by atoms with Gasteiger partial charge in [0.2, 0.25) is 5.13 Å². The van der Waals surface area contributed by atoms with E-state index in [4.69, 9.17) is 0 Å². The van der Waals surface area contributed by atoms with Crippen LogP contribution >= 0.6 is 11.3 Å². The van der Waals surface area contributed by atoms with Crippen molar-refractivity contribution in [1.29, 1.82) is 0 Å². The minimum absolute atomic E-state index is 0.585. The molecule has 0 spiro atoms. The Labute approximate surface area is 128 Å². The van der Waals surface area contributed by atoms with E-state index in [1.807, 2.05) is 25.1 Å². The number of benzene rings is 1. The summed E-state index contributed by atoms with van der Waals surface area (Å²) < 4.78 is 0. The van der Waals surface area contributed by atoms with Crippen LogP contribution < -0.4 is 5.32 Å². The number of fused-ring (bicyclic) bond motifs is 1. The van der Waals surface area contributed by atoms with Gasteiger partial charge in [0.1, 0.15) is 5.01 Å². The molecule has 2 aromatic heterocycles. The lowest BCUT2D eigenvalue weighted by Gasteiger charge is -2.05. The molecule has 3 aromatic rings. The first kappa shape index (κ1) is 13.9. The molecule has 5 heteroatoms. The van der Waals surface area contributed by atoms with E-state index in [9.17, 15) is 0 Å². The lowest BCUT2D eigenvalue weighted by molar-refractivity contribution is 0.687. The van der Waals surface area contributed by atoms with Gasteiger partial charge in [0.25, 0.3) is 0 Å². The summed E-state index contributed by atoms with van der Waals surface area (Å²) in [6.07, 6.45) is 0. The Morgan fingerprint density at radius 3 is 2.81 bits per heavy atom. The van der Waals surface area contributed by atoms with Gasteiger partial charge in [-0.05, 0) is 25.0 Å². The zero-order valence-electron chi connectivity index (χ0n) is 12.4. The molecule has 0 radical (unpaired) electrons. The summed E-state index contributed by atoms with van der Waals surface area (Å²) in [5.41, 5.74) is 3.10. The van der Waals surface area contributed by atoms with E-state index in [0.717, 1.165) is 38.8 Å². The van der Waals surface area contributed by atoms with Crippen LogP contribution in [0.5, 0.6) is 0 Å². The molecular weight excluding hydrogens is 280 g/mol. The highest BCUT2D eigenvalue weighted by molar-refractivity contribution is 7.18. The molecule has 0 saturated heterocycles. The first-order chi connectivity index (χ1) is 10.1. The first-order valence-electron chi connectivity index (χ1n) is 7.07. The van der Waals surface area contributed by atoms with Gasteiger partial charge in [0.15, 0.2) is 0 Å². The van der Waals surface area contributed by atoms with Crippen molar-refractivity contribution in [1.82, 2.24) is 15.2 Å². The van der Waals surface area contributed by atoms with Crippen LogP contribution in [0.4, 0.5) is 5.13 Å². The molecule has 3 rings (SSSR count). The molecule has 0 fully saturated rings. The molecule has 0 atom stereocenters. The normalized spacial score (nSPS) is 11.2. The van der Waals surface area contributed by atoms with Gasteiger partial charge >= 0.3 is 0 Å². The summed E-state index contributed by atoms with van der Waals surface area (Å²) in [4.78, 5) is 4.57. The highest BCUT2D eigenvalue weighted by atomic mass is 32.1. The number of aromatic nitrogens is 3. The van der Waals surface area contributed by atoms with Crippen LogP contribution in [0.3, 0.4) is 0 Å². The third-order valence-electron chi connectivity index (χ3n) is 3.16. The Hall–Kier alpha value is -2.01. The Bertz CT molecular complexity index is 764. The van der Waals surface area contributed by atoms with E-state index in [1.165, 1.54) is 0 Å². The number of aryl methyl sites for hydroxylation is 1. The van der Waals surface area contributed by atoms with E-state index in [1.54, 1.807) is 11.3 Å². The molecule has 0 bridgehead atoms. The minimum atomic E-state index is 0.585. The number of hydrogen-bond donors (Lipinski definition) is 1. The van der Waals surface area contributed by atoms with Crippen LogP contribution in [0.15, 0.2) is 30.3 Å². The standard InChI is InChI=1S/C16H18N4S/c1-10(2)9-17-16-20-19-15(21-16)13-8-11(3)18-14-7-5-4-6-12(13)14/h4-8,10H,9H2,1-3H3,(H,17,20). The van der Waals surface area contributed by atoms with Crippen molar-refractivity contribution in [3.63, 3.8) is 0 Å². The zero-order chi connectivity index (χ0) is 14.8. The largest absolute Gasteiger partial charge is 0.360 e. The Kier molecular flexibility index (Phi) is 3.84. The molecule has 4 nitrogen and oxygen atoms in total. The lowest BCUT2D eigenvalue weighted by atomic mass is 10.1. The van der Waals surface area contributed by atoms with E-state index >= 15 is 0 Å². The second-order valence-electron chi connectivity index (χ2n) is 5.52. The number of nitrogens with zero attached hydrogens (tertiary/aromatic N) is 3. The van der Waals surface area contributed by atoms with Crippen LogP contribution in [0.1, 0.15) is 19.5 Å². The quantitative estimate of drug-likeness (QED) is 0.787. The van der Waals surface area contributed by atoms with Crippen molar-refractivity contribution in [2.45, 2.75) is 20.8 Å². The monoisotopic (exact) mass is 298 g/mol. The highest BCUT2D eigenvalue weighted by Gasteiger charge is 2.11. The van der Waals surface area contributed by atoms with Crippen molar-refractivity contribution in [2.24, 2.45) is 5.92 Å². The van der Waals surface area contributed by atoms with Gasteiger partial charge in [-0.1, -0.05) is 43.4 Å². The van der Waals surface area contributed by atoms with Crippen LogP contribution in [0, 0.1) is 12.8 Å². The Morgan fingerprint density at radius 2 is 2.00 bits per heavy atom. The fourth-order valence-electron chi connectivity index (χ4n) is 2.18. The van der Waals surface area contributed by atoms with E-state index in [0.29, 0.717) is 5.92 Å². The molecule has 1 aromatic carbocycles. The van der Waals surface area contributed by atoms with E-state index in [2.05, 4.69) is 46.5 Å². The van der Waals surface area contributed by atoms with Gasteiger partial charge in [-0.15, -0.1) is 10.2 Å². The summed E-state index contributed by atoms with van der Waals surface area (Å²) in [5, 5.41) is 14.8. The van der Waals surface area contributed by atoms with Gasteiger partial charge in [-0.2, -0.15) is 0 Å². The van der Waals surface area contributed by atoms with Crippen molar-refractivity contribution < 1.29 is 0 Å². The van der Waals surface area contributed by atoms with Crippen LogP contribution in [0.25, 0.3) is 21.5 Å². The number of para-hydroxylation sites is 1. The Morgan fingerprint density at radius 1 is 1.19 bits per heavy atom. The first-order valence-corrected chi connectivity index (χ1v) is 7.89.